The molecule has 0 radical (unpaired) electrons. The van der Waals surface area contributed by atoms with E-state index in [1.54, 1.807) is 218 Å². The molecule has 0 heterocycles. The van der Waals surface area contributed by atoms with E-state index >= 15 is 0 Å². The fourth-order valence-corrected chi connectivity index (χ4v) is 7.08. The van der Waals surface area contributed by atoms with E-state index in [0.29, 0.717) is 85.1 Å². The van der Waals surface area contributed by atoms with E-state index in [2.05, 4.69) is 48.9 Å². The molecule has 0 amide bonds. The number of anilines is 3. The Bertz CT molecular complexity index is 3350. The van der Waals surface area contributed by atoms with Crippen molar-refractivity contribution >= 4 is 69.1 Å². The normalized spacial score (nSPS) is 10.9. The van der Waals surface area contributed by atoms with Gasteiger partial charge in [-0.25, -0.2) is 14.4 Å². The lowest BCUT2D eigenvalue weighted by Gasteiger charge is -2.26. The van der Waals surface area contributed by atoms with Crippen molar-refractivity contribution in [2.75, 3.05) is 4.90 Å². The molecule has 0 spiro atoms. The molecule has 9 aromatic rings. The zero-order valence-electron chi connectivity index (χ0n) is 39.7. The van der Waals surface area contributed by atoms with Crippen LogP contribution in [0.1, 0.15) is 47.8 Å². The summed E-state index contributed by atoms with van der Waals surface area (Å²) in [5, 5.41) is 52.3. The summed E-state index contributed by atoms with van der Waals surface area (Å²) in [5.74, 6) is -0.904. The molecule has 0 fully saturated rings. The lowest BCUT2D eigenvalue weighted by atomic mass is 10.1. The van der Waals surface area contributed by atoms with E-state index in [1.807, 2.05) is 4.90 Å². The average molecular weight is 993 g/mol. The van der Waals surface area contributed by atoms with Gasteiger partial charge < -0.3 is 19.1 Å². The number of carbonyl (C=O) groups excluding carboxylic acids is 3. The highest BCUT2D eigenvalue weighted by molar-refractivity contribution is 5.94. The minimum absolute atomic E-state index is 0.272. The van der Waals surface area contributed by atoms with Crippen molar-refractivity contribution in [3.8, 4) is 35.5 Å². The Morgan fingerprint density at radius 2 is 0.487 bits per heavy atom. The van der Waals surface area contributed by atoms with Gasteiger partial charge in [-0.1, -0.05) is 0 Å². The molecule has 362 valence electrons. The molecule has 0 N–H and O–H groups in total. The first-order valence-electron chi connectivity index (χ1n) is 23.0. The number of carbonyl (C=O) groups is 3. The maximum atomic E-state index is 13.4. The summed E-state index contributed by atoms with van der Waals surface area (Å²) in [6.07, 6.45) is 0. The molecule has 0 atom stereocenters. The van der Waals surface area contributed by atoms with Gasteiger partial charge in [-0.3, -0.25) is 0 Å². The third kappa shape index (κ3) is 12.9. The van der Waals surface area contributed by atoms with E-state index < -0.39 is 17.9 Å². The summed E-state index contributed by atoms with van der Waals surface area (Å²) in [6.45, 7) is 0. The van der Waals surface area contributed by atoms with Crippen molar-refractivity contribution in [2.24, 2.45) is 30.7 Å². The smallest absolute Gasteiger partial charge is 0.343 e. The monoisotopic (exact) mass is 992 g/mol. The van der Waals surface area contributed by atoms with Gasteiger partial charge in [0.2, 0.25) is 0 Å². The van der Waals surface area contributed by atoms with Gasteiger partial charge in [0.1, 0.15) is 17.2 Å². The lowest BCUT2D eigenvalue weighted by Crippen LogP contribution is -2.13. The van der Waals surface area contributed by atoms with Crippen molar-refractivity contribution in [3.05, 3.63) is 252 Å². The van der Waals surface area contributed by atoms with Crippen LogP contribution >= 0.6 is 0 Å². The van der Waals surface area contributed by atoms with Gasteiger partial charge in [-0.15, -0.1) is 0 Å². The topological polar surface area (TPSA) is 228 Å². The molecular formula is C60H36N10O6. The Balaban J connectivity index is 0.892. The first-order chi connectivity index (χ1) is 37.2. The van der Waals surface area contributed by atoms with Crippen molar-refractivity contribution in [3.63, 3.8) is 0 Å². The molecule has 0 aromatic heterocycles. The van der Waals surface area contributed by atoms with Crippen molar-refractivity contribution < 1.29 is 28.6 Å². The summed E-state index contributed by atoms with van der Waals surface area (Å²) in [5.41, 5.74) is 7.59. The van der Waals surface area contributed by atoms with Crippen LogP contribution in [0, 0.1) is 34.0 Å². The second-order valence-electron chi connectivity index (χ2n) is 16.2. The number of rotatable bonds is 15. The van der Waals surface area contributed by atoms with Crippen LogP contribution in [-0.2, 0) is 0 Å². The summed E-state index contributed by atoms with van der Waals surface area (Å²) in [7, 11) is 0. The summed E-state index contributed by atoms with van der Waals surface area (Å²) < 4.78 is 17.0. The molecule has 9 rings (SSSR count). The lowest BCUT2D eigenvalue weighted by molar-refractivity contribution is 0.0725. The highest BCUT2D eigenvalue weighted by Gasteiger charge is 2.18. The van der Waals surface area contributed by atoms with Crippen LogP contribution in [0.25, 0.3) is 0 Å². The number of nitriles is 3. The Labute approximate surface area is 434 Å². The fourth-order valence-electron chi connectivity index (χ4n) is 7.08. The highest BCUT2D eigenvalue weighted by Crippen LogP contribution is 2.36. The highest BCUT2D eigenvalue weighted by atomic mass is 16.5. The van der Waals surface area contributed by atoms with Crippen LogP contribution in [0.5, 0.6) is 17.2 Å². The van der Waals surface area contributed by atoms with Crippen LogP contribution in [0.4, 0.5) is 51.2 Å². The molecule has 0 aliphatic rings. The summed E-state index contributed by atoms with van der Waals surface area (Å²) >= 11 is 0. The third-order valence-electron chi connectivity index (χ3n) is 11.1. The number of azo groups is 3. The van der Waals surface area contributed by atoms with E-state index in [4.69, 9.17) is 30.0 Å². The second-order valence-corrected chi connectivity index (χ2v) is 16.2. The minimum atomic E-state index is -0.597. The Morgan fingerprint density at radius 3 is 0.684 bits per heavy atom. The van der Waals surface area contributed by atoms with E-state index in [9.17, 15) is 14.4 Å². The molecule has 0 aliphatic carbocycles. The fraction of sp³-hybridized carbons (Fsp3) is 0. The molecule has 16 heteroatoms. The Morgan fingerprint density at radius 1 is 0.289 bits per heavy atom. The Kier molecular flexibility index (Phi) is 15.3. The predicted molar refractivity (Wildman–Crippen MR) is 281 cm³/mol. The first-order valence-corrected chi connectivity index (χ1v) is 23.0. The predicted octanol–water partition coefficient (Wildman–Crippen LogP) is 15.7. The molecular weight excluding hydrogens is 957 g/mol. The van der Waals surface area contributed by atoms with Crippen molar-refractivity contribution in [2.45, 2.75) is 0 Å². The van der Waals surface area contributed by atoms with Gasteiger partial charge in [0.15, 0.2) is 0 Å². The van der Waals surface area contributed by atoms with Gasteiger partial charge in [0.25, 0.3) is 0 Å². The maximum Gasteiger partial charge on any atom is 0.343 e. The summed E-state index contributed by atoms with van der Waals surface area (Å²) in [6, 6.07) is 66.1. The quantitative estimate of drug-likeness (QED) is 0.0536. The number of hydrogen-bond acceptors (Lipinski definition) is 16. The number of ether oxygens (including phenoxy) is 3. The van der Waals surface area contributed by atoms with Gasteiger partial charge in [0.05, 0.1) is 85.7 Å². The third-order valence-corrected chi connectivity index (χ3v) is 11.1. The first kappa shape index (κ1) is 49.4. The van der Waals surface area contributed by atoms with E-state index in [0.717, 1.165) is 0 Å². The largest absolute Gasteiger partial charge is 0.423 e. The van der Waals surface area contributed by atoms with Gasteiger partial charge >= 0.3 is 17.9 Å². The number of benzene rings is 9. The minimum Gasteiger partial charge on any atom is -0.423 e. The van der Waals surface area contributed by atoms with Crippen molar-refractivity contribution in [1.29, 1.82) is 15.8 Å². The number of hydrogen-bond donors (Lipinski definition) is 0. The summed E-state index contributed by atoms with van der Waals surface area (Å²) in [4.78, 5) is 42.0. The molecule has 9 aromatic carbocycles. The van der Waals surface area contributed by atoms with Gasteiger partial charge in [0, 0.05) is 17.1 Å². The zero-order chi connectivity index (χ0) is 52.6. The molecule has 76 heavy (non-hydrogen) atoms. The van der Waals surface area contributed by atoms with Crippen LogP contribution in [0.2, 0.25) is 0 Å². The Hall–Kier alpha value is -11.5. The zero-order valence-corrected chi connectivity index (χ0v) is 39.7. The molecule has 16 nitrogen and oxygen atoms in total. The van der Waals surface area contributed by atoms with E-state index in [-0.39, 0.29) is 16.7 Å². The molecule has 0 saturated heterocycles. The second kappa shape index (κ2) is 23.6. The van der Waals surface area contributed by atoms with Crippen LogP contribution < -0.4 is 19.1 Å². The number of nitrogens with zero attached hydrogens (tertiary/aromatic N) is 10. The van der Waals surface area contributed by atoms with Crippen molar-refractivity contribution in [1.82, 2.24) is 0 Å². The molecule has 0 aliphatic heterocycles. The van der Waals surface area contributed by atoms with Gasteiger partial charge in [-0.2, -0.15) is 46.5 Å². The van der Waals surface area contributed by atoms with E-state index in [1.165, 1.54) is 0 Å². The molecule has 0 saturated carbocycles. The van der Waals surface area contributed by atoms with Crippen LogP contribution in [0.3, 0.4) is 0 Å². The molecule has 0 unspecified atom stereocenters. The molecule has 0 bridgehead atoms. The number of esters is 3. The maximum absolute atomic E-state index is 13.4. The SMILES string of the molecule is N#Cc1ccc(N=Nc2ccc(OC(=O)c3ccc(N(c4ccc(C(=O)Oc5ccc(N=Nc6ccc(C#N)cc6)cc5)cc4)c4ccc(C(=O)Oc5ccc(N=Nc6ccc(C#N)cc6)cc5)cc4)cc3)cc2)cc1. The van der Waals surface area contributed by atoms with Crippen LogP contribution in [-0.4, -0.2) is 17.9 Å². The average Bonchev–Trinajstić information content (AvgIpc) is 3.47. The van der Waals surface area contributed by atoms with Gasteiger partial charge in [-0.05, 0) is 218 Å². The standard InChI is InChI=1S/C60H36N10O6/c61-37-40-1-13-46(14-2-40)64-67-49-19-31-55(32-20-49)74-58(71)43-7-25-52(26-8-43)70(53-27-9-44(10-28-53)59(72)75-56-33-21-50(22-34-56)68-65-47-15-3-41(38-62)4-16-47)54-29-11-45(12-30-54)60(73)76-57-35-23-51(24-36-57)69-66-48-17-5-42(39-63)6-18-48/h1-36H. The van der Waals surface area contributed by atoms with Crippen LogP contribution in [0.15, 0.2) is 249 Å².